The predicted molar refractivity (Wildman–Crippen MR) is 75.8 cm³/mol. The number of aryl methyl sites for hydroxylation is 1. The van der Waals surface area contributed by atoms with Crippen LogP contribution in [0.2, 0.25) is 0 Å². The first-order valence-electron chi connectivity index (χ1n) is 7.09. The van der Waals surface area contributed by atoms with Crippen LogP contribution < -0.4 is 5.32 Å². The Balaban J connectivity index is 2.00. The first kappa shape index (κ1) is 13.8. The number of anilines is 1. The Hall–Kier alpha value is -1.63. The van der Waals surface area contributed by atoms with Gasteiger partial charge in [-0.25, -0.2) is 0 Å². The summed E-state index contributed by atoms with van der Waals surface area (Å²) in [5, 5.41) is 20.8. The van der Waals surface area contributed by atoms with Gasteiger partial charge in [-0.05, 0) is 44.1 Å². The molecular formula is C15H22N4. The van der Waals surface area contributed by atoms with Crippen LogP contribution in [0.5, 0.6) is 0 Å². The molecule has 1 N–H and O–H groups in total. The van der Waals surface area contributed by atoms with Gasteiger partial charge < -0.3 is 5.32 Å². The second-order valence-corrected chi connectivity index (χ2v) is 5.75. The lowest BCUT2D eigenvalue weighted by atomic mass is 9.83. The van der Waals surface area contributed by atoms with E-state index < -0.39 is 0 Å². The molecule has 0 spiro atoms. The van der Waals surface area contributed by atoms with Crippen LogP contribution in [0.1, 0.15) is 49.4 Å². The highest BCUT2D eigenvalue weighted by atomic mass is 15.2. The zero-order valence-electron chi connectivity index (χ0n) is 12.0. The molecule has 4 nitrogen and oxygen atoms in total. The van der Waals surface area contributed by atoms with Gasteiger partial charge in [0, 0.05) is 6.54 Å². The lowest BCUT2D eigenvalue weighted by Crippen LogP contribution is -2.21. The Morgan fingerprint density at radius 3 is 2.53 bits per heavy atom. The van der Waals surface area contributed by atoms with E-state index in [9.17, 15) is 5.26 Å². The van der Waals surface area contributed by atoms with Gasteiger partial charge in [-0.3, -0.25) is 0 Å². The number of rotatable bonds is 3. The van der Waals surface area contributed by atoms with Crippen LogP contribution in [0, 0.1) is 37.0 Å². The molecule has 1 aliphatic carbocycles. The van der Waals surface area contributed by atoms with E-state index in [1.165, 1.54) is 25.7 Å². The van der Waals surface area contributed by atoms with Crippen molar-refractivity contribution < 1.29 is 0 Å². The summed E-state index contributed by atoms with van der Waals surface area (Å²) in [6.45, 7) is 7.04. The van der Waals surface area contributed by atoms with Crippen LogP contribution in [0.15, 0.2) is 0 Å². The van der Waals surface area contributed by atoms with Gasteiger partial charge in [-0.1, -0.05) is 19.8 Å². The van der Waals surface area contributed by atoms with E-state index in [1.807, 2.05) is 13.8 Å². The number of hydrogen-bond acceptors (Lipinski definition) is 4. The second kappa shape index (κ2) is 6.01. The highest BCUT2D eigenvalue weighted by Crippen LogP contribution is 2.28. The first-order chi connectivity index (χ1) is 9.11. The van der Waals surface area contributed by atoms with Gasteiger partial charge in [0.1, 0.15) is 11.6 Å². The lowest BCUT2D eigenvalue weighted by molar-refractivity contribution is 0.300. The molecule has 1 saturated carbocycles. The molecule has 0 amide bonds. The van der Waals surface area contributed by atoms with Crippen LogP contribution in [0.4, 0.5) is 5.82 Å². The third-order valence-corrected chi connectivity index (χ3v) is 4.26. The lowest BCUT2D eigenvalue weighted by Gasteiger charge is -2.26. The summed E-state index contributed by atoms with van der Waals surface area (Å²) in [6, 6.07) is 2.23. The monoisotopic (exact) mass is 258 g/mol. The Kier molecular flexibility index (Phi) is 4.36. The molecule has 0 aliphatic heterocycles. The molecule has 0 radical (unpaired) electrons. The fraction of sp³-hybridized carbons (Fsp3) is 0.667. The second-order valence-electron chi connectivity index (χ2n) is 5.75. The summed E-state index contributed by atoms with van der Waals surface area (Å²) in [5.41, 5.74) is 2.39. The summed E-state index contributed by atoms with van der Waals surface area (Å²) in [4.78, 5) is 0. The highest BCUT2D eigenvalue weighted by molar-refractivity contribution is 5.55. The number of hydrogen-bond donors (Lipinski definition) is 1. The minimum absolute atomic E-state index is 0.636. The minimum atomic E-state index is 0.636. The molecule has 1 aliphatic rings. The van der Waals surface area contributed by atoms with Gasteiger partial charge in [0.2, 0.25) is 0 Å². The zero-order valence-corrected chi connectivity index (χ0v) is 12.0. The van der Waals surface area contributed by atoms with Crippen molar-refractivity contribution in [2.75, 3.05) is 11.9 Å². The molecular weight excluding hydrogens is 236 g/mol. The highest BCUT2D eigenvalue weighted by Gasteiger charge is 2.19. The SMILES string of the molecule is Cc1nnc(NCC2CCC(C)CC2)c(C#N)c1C. The smallest absolute Gasteiger partial charge is 0.166 e. The van der Waals surface area contributed by atoms with Crippen molar-refractivity contribution >= 4 is 5.82 Å². The molecule has 0 saturated heterocycles. The van der Waals surface area contributed by atoms with Crippen molar-refractivity contribution in [1.82, 2.24) is 10.2 Å². The van der Waals surface area contributed by atoms with Crippen LogP contribution in [0.3, 0.4) is 0 Å². The van der Waals surface area contributed by atoms with Crippen molar-refractivity contribution in [1.29, 1.82) is 5.26 Å². The fourth-order valence-electron chi connectivity index (χ4n) is 2.64. The Morgan fingerprint density at radius 2 is 1.89 bits per heavy atom. The molecule has 4 heteroatoms. The van der Waals surface area contributed by atoms with Crippen molar-refractivity contribution in [2.45, 2.75) is 46.5 Å². The number of nitrogens with one attached hydrogen (secondary N) is 1. The molecule has 0 unspecified atom stereocenters. The molecule has 0 atom stereocenters. The standard InChI is InChI=1S/C15H22N4/c1-10-4-6-13(7-5-10)9-17-15-14(8-16)11(2)12(3)18-19-15/h10,13H,4-7,9H2,1-3H3,(H,17,19). The normalized spacial score (nSPS) is 22.8. The van der Waals surface area contributed by atoms with E-state index in [0.717, 1.165) is 23.7 Å². The third kappa shape index (κ3) is 3.23. The van der Waals surface area contributed by atoms with Gasteiger partial charge in [0.05, 0.1) is 5.69 Å². The van der Waals surface area contributed by atoms with E-state index in [1.54, 1.807) is 0 Å². The average molecular weight is 258 g/mol. The van der Waals surface area contributed by atoms with Crippen LogP contribution in [-0.4, -0.2) is 16.7 Å². The summed E-state index contributed by atoms with van der Waals surface area (Å²) >= 11 is 0. The van der Waals surface area contributed by atoms with Gasteiger partial charge in [0.25, 0.3) is 0 Å². The average Bonchev–Trinajstić information content (AvgIpc) is 2.42. The summed E-state index contributed by atoms with van der Waals surface area (Å²) in [6.07, 6.45) is 5.18. The van der Waals surface area contributed by atoms with Gasteiger partial charge >= 0.3 is 0 Å². The van der Waals surface area contributed by atoms with Crippen molar-refractivity contribution in [2.24, 2.45) is 11.8 Å². The maximum atomic E-state index is 9.24. The van der Waals surface area contributed by atoms with Crippen LogP contribution >= 0.6 is 0 Å². The van der Waals surface area contributed by atoms with Gasteiger partial charge in [-0.15, -0.1) is 5.10 Å². The Morgan fingerprint density at radius 1 is 1.21 bits per heavy atom. The van der Waals surface area contributed by atoms with E-state index in [-0.39, 0.29) is 0 Å². The largest absolute Gasteiger partial charge is 0.367 e. The molecule has 102 valence electrons. The van der Waals surface area contributed by atoms with Crippen LogP contribution in [-0.2, 0) is 0 Å². The summed E-state index contributed by atoms with van der Waals surface area (Å²) < 4.78 is 0. The summed E-state index contributed by atoms with van der Waals surface area (Å²) in [5.74, 6) is 2.21. The fourth-order valence-corrected chi connectivity index (χ4v) is 2.64. The van der Waals surface area contributed by atoms with E-state index >= 15 is 0 Å². The van der Waals surface area contributed by atoms with Gasteiger partial charge in [0.15, 0.2) is 5.82 Å². The quantitative estimate of drug-likeness (QED) is 0.904. The third-order valence-electron chi connectivity index (χ3n) is 4.26. The molecule has 1 aromatic rings. The predicted octanol–water partition coefficient (Wildman–Crippen LogP) is 3.20. The Bertz CT molecular complexity index is 482. The molecule has 0 bridgehead atoms. The molecule has 1 aromatic heterocycles. The van der Waals surface area contributed by atoms with E-state index in [0.29, 0.717) is 17.3 Å². The summed E-state index contributed by atoms with van der Waals surface area (Å²) in [7, 11) is 0. The van der Waals surface area contributed by atoms with E-state index in [4.69, 9.17) is 0 Å². The minimum Gasteiger partial charge on any atom is -0.367 e. The zero-order chi connectivity index (χ0) is 13.8. The molecule has 1 heterocycles. The van der Waals surface area contributed by atoms with Crippen molar-refractivity contribution in [3.8, 4) is 6.07 Å². The van der Waals surface area contributed by atoms with Gasteiger partial charge in [-0.2, -0.15) is 10.4 Å². The molecule has 19 heavy (non-hydrogen) atoms. The molecule has 0 aromatic carbocycles. The molecule has 1 fully saturated rings. The number of aromatic nitrogens is 2. The van der Waals surface area contributed by atoms with Crippen molar-refractivity contribution in [3.05, 3.63) is 16.8 Å². The maximum absolute atomic E-state index is 9.24. The maximum Gasteiger partial charge on any atom is 0.166 e. The van der Waals surface area contributed by atoms with E-state index in [2.05, 4.69) is 28.5 Å². The topological polar surface area (TPSA) is 61.6 Å². The van der Waals surface area contributed by atoms with Crippen molar-refractivity contribution in [3.63, 3.8) is 0 Å². The number of nitrogens with zero attached hydrogens (tertiary/aromatic N) is 3. The molecule has 2 rings (SSSR count). The first-order valence-corrected chi connectivity index (χ1v) is 7.09. The Labute approximate surface area is 115 Å². The number of nitriles is 1. The van der Waals surface area contributed by atoms with Crippen LogP contribution in [0.25, 0.3) is 0 Å².